The topological polar surface area (TPSA) is 90.9 Å². The molecule has 0 aromatic heterocycles. The van der Waals surface area contributed by atoms with Crippen LogP contribution >= 0.6 is 0 Å². The van der Waals surface area contributed by atoms with Crippen molar-refractivity contribution in [1.29, 1.82) is 0 Å². The van der Waals surface area contributed by atoms with E-state index in [0.29, 0.717) is 42.6 Å². The van der Waals surface area contributed by atoms with Gasteiger partial charge in [0.05, 0.1) is 30.3 Å². The summed E-state index contributed by atoms with van der Waals surface area (Å²) in [6, 6.07) is 10.6. The predicted molar refractivity (Wildman–Crippen MR) is 99.9 cm³/mol. The van der Waals surface area contributed by atoms with Crippen LogP contribution in [-0.2, 0) is 14.8 Å². The Balaban J connectivity index is 1.74. The Kier molecular flexibility index (Phi) is 5.85. The van der Waals surface area contributed by atoms with Gasteiger partial charge < -0.3 is 14.2 Å². The normalized spacial score (nSPS) is 13.5. The van der Waals surface area contributed by atoms with Crippen LogP contribution in [0.25, 0.3) is 0 Å². The maximum absolute atomic E-state index is 12.6. The highest BCUT2D eigenvalue weighted by atomic mass is 32.2. The van der Waals surface area contributed by atoms with Gasteiger partial charge in [0, 0.05) is 18.2 Å². The molecule has 0 bridgehead atoms. The Bertz CT molecular complexity index is 908. The third kappa shape index (κ3) is 4.71. The number of hydrogen-bond donors (Lipinski definition) is 1. The highest BCUT2D eigenvalue weighted by molar-refractivity contribution is 7.92. The zero-order valence-electron chi connectivity index (χ0n) is 14.9. The van der Waals surface area contributed by atoms with Crippen molar-refractivity contribution in [2.24, 2.45) is 0 Å². The van der Waals surface area contributed by atoms with Crippen LogP contribution in [0.15, 0.2) is 47.4 Å². The molecule has 27 heavy (non-hydrogen) atoms. The van der Waals surface area contributed by atoms with E-state index in [1.165, 1.54) is 36.4 Å². The van der Waals surface area contributed by atoms with Gasteiger partial charge in [-0.25, -0.2) is 13.2 Å². The Morgan fingerprint density at radius 3 is 2.48 bits per heavy atom. The van der Waals surface area contributed by atoms with Crippen LogP contribution in [0.5, 0.6) is 11.5 Å². The summed E-state index contributed by atoms with van der Waals surface area (Å²) in [5.41, 5.74) is 0.705. The lowest BCUT2D eigenvalue weighted by atomic mass is 10.2. The SMILES string of the molecule is CCCOC(=O)c1ccc(NS(=O)(=O)c2ccc3c(c2)OCCCO3)cc1. The van der Waals surface area contributed by atoms with E-state index in [4.69, 9.17) is 14.2 Å². The molecule has 3 rings (SSSR count). The minimum Gasteiger partial charge on any atom is -0.490 e. The molecule has 144 valence electrons. The predicted octanol–water partition coefficient (Wildman–Crippen LogP) is 3.22. The molecule has 1 heterocycles. The van der Waals surface area contributed by atoms with Gasteiger partial charge in [-0.2, -0.15) is 0 Å². The van der Waals surface area contributed by atoms with Crippen molar-refractivity contribution in [2.45, 2.75) is 24.7 Å². The molecule has 0 saturated carbocycles. The van der Waals surface area contributed by atoms with Crippen LogP contribution in [0, 0.1) is 0 Å². The highest BCUT2D eigenvalue weighted by Crippen LogP contribution is 2.32. The minimum atomic E-state index is -3.81. The van der Waals surface area contributed by atoms with Gasteiger partial charge in [0.15, 0.2) is 11.5 Å². The molecule has 8 heteroatoms. The van der Waals surface area contributed by atoms with E-state index in [1.807, 2.05) is 6.92 Å². The maximum atomic E-state index is 12.6. The number of hydrogen-bond acceptors (Lipinski definition) is 6. The molecule has 0 unspecified atom stereocenters. The van der Waals surface area contributed by atoms with Crippen molar-refractivity contribution < 1.29 is 27.4 Å². The van der Waals surface area contributed by atoms with Gasteiger partial charge in [-0.15, -0.1) is 0 Å². The van der Waals surface area contributed by atoms with E-state index < -0.39 is 16.0 Å². The number of ether oxygens (including phenoxy) is 3. The van der Waals surface area contributed by atoms with E-state index in [2.05, 4.69) is 4.72 Å². The molecule has 7 nitrogen and oxygen atoms in total. The Morgan fingerprint density at radius 1 is 1.07 bits per heavy atom. The number of fused-ring (bicyclic) bond motifs is 1. The fraction of sp³-hybridized carbons (Fsp3) is 0.316. The van der Waals surface area contributed by atoms with Gasteiger partial charge in [0.25, 0.3) is 10.0 Å². The molecule has 0 saturated heterocycles. The fourth-order valence-electron chi connectivity index (χ4n) is 2.48. The summed E-state index contributed by atoms with van der Waals surface area (Å²) in [5.74, 6) is 0.500. The molecule has 0 atom stereocenters. The lowest BCUT2D eigenvalue weighted by Crippen LogP contribution is -2.13. The number of anilines is 1. The number of nitrogens with one attached hydrogen (secondary N) is 1. The largest absolute Gasteiger partial charge is 0.490 e. The van der Waals surface area contributed by atoms with Crippen LogP contribution < -0.4 is 14.2 Å². The van der Waals surface area contributed by atoms with Crippen molar-refractivity contribution in [3.8, 4) is 11.5 Å². The zero-order valence-corrected chi connectivity index (χ0v) is 15.8. The Hall–Kier alpha value is -2.74. The molecule has 0 fully saturated rings. The summed E-state index contributed by atoms with van der Waals surface area (Å²) in [6.07, 6.45) is 1.47. The molecule has 1 aliphatic heterocycles. The van der Waals surface area contributed by atoms with E-state index in [-0.39, 0.29) is 4.90 Å². The molecule has 2 aromatic rings. The van der Waals surface area contributed by atoms with Crippen LogP contribution in [0.1, 0.15) is 30.1 Å². The molecular weight excluding hydrogens is 370 g/mol. The zero-order chi connectivity index (χ0) is 19.3. The first-order valence-corrected chi connectivity index (χ1v) is 10.2. The quantitative estimate of drug-likeness (QED) is 0.761. The third-order valence-electron chi connectivity index (χ3n) is 3.84. The second kappa shape index (κ2) is 8.30. The molecular formula is C19H21NO6S. The molecule has 0 radical (unpaired) electrons. The number of rotatable bonds is 6. The maximum Gasteiger partial charge on any atom is 0.338 e. The summed E-state index contributed by atoms with van der Waals surface area (Å²) in [6.45, 7) is 3.26. The summed E-state index contributed by atoms with van der Waals surface area (Å²) in [7, 11) is -3.81. The monoisotopic (exact) mass is 391 g/mol. The number of benzene rings is 2. The summed E-state index contributed by atoms with van der Waals surface area (Å²) in [4.78, 5) is 11.9. The lowest BCUT2D eigenvalue weighted by molar-refractivity contribution is 0.0505. The van der Waals surface area contributed by atoms with Gasteiger partial charge in [0.2, 0.25) is 0 Å². The number of carbonyl (C=O) groups is 1. The molecule has 1 aliphatic rings. The van der Waals surface area contributed by atoms with Crippen molar-refractivity contribution in [3.63, 3.8) is 0 Å². The van der Waals surface area contributed by atoms with Crippen LogP contribution in [0.4, 0.5) is 5.69 Å². The average Bonchev–Trinajstić information content (AvgIpc) is 2.91. The number of sulfonamides is 1. The molecule has 0 aliphatic carbocycles. The van der Waals surface area contributed by atoms with Crippen molar-refractivity contribution in [2.75, 3.05) is 24.5 Å². The Morgan fingerprint density at radius 2 is 1.78 bits per heavy atom. The summed E-state index contributed by atoms with van der Waals surface area (Å²) < 4.78 is 43.9. The van der Waals surface area contributed by atoms with E-state index in [9.17, 15) is 13.2 Å². The van der Waals surface area contributed by atoms with Crippen LogP contribution in [-0.4, -0.2) is 34.2 Å². The van der Waals surface area contributed by atoms with Crippen molar-refractivity contribution >= 4 is 21.7 Å². The Labute approximate surface area is 158 Å². The van der Waals surface area contributed by atoms with Crippen LogP contribution in [0.2, 0.25) is 0 Å². The standard InChI is InChI=1S/C19H21NO6S/c1-2-10-26-19(21)14-4-6-15(7-5-14)20-27(22,23)16-8-9-17-18(13-16)25-12-3-11-24-17/h4-9,13,20H,2-3,10-12H2,1H3. The van der Waals surface area contributed by atoms with E-state index in [0.717, 1.165) is 12.8 Å². The highest BCUT2D eigenvalue weighted by Gasteiger charge is 2.19. The molecule has 0 amide bonds. The van der Waals surface area contributed by atoms with Gasteiger partial charge in [-0.1, -0.05) is 6.92 Å². The second-order valence-electron chi connectivity index (χ2n) is 5.98. The summed E-state index contributed by atoms with van der Waals surface area (Å²) in [5, 5.41) is 0. The van der Waals surface area contributed by atoms with Gasteiger partial charge >= 0.3 is 5.97 Å². The smallest absolute Gasteiger partial charge is 0.338 e. The first kappa shape index (κ1) is 19.0. The first-order chi connectivity index (χ1) is 13.0. The van der Waals surface area contributed by atoms with Crippen molar-refractivity contribution in [3.05, 3.63) is 48.0 Å². The molecule has 2 aromatic carbocycles. The number of esters is 1. The second-order valence-corrected chi connectivity index (χ2v) is 7.66. The lowest BCUT2D eigenvalue weighted by Gasteiger charge is -2.12. The first-order valence-electron chi connectivity index (χ1n) is 8.69. The van der Waals surface area contributed by atoms with E-state index in [1.54, 1.807) is 6.07 Å². The third-order valence-corrected chi connectivity index (χ3v) is 5.22. The van der Waals surface area contributed by atoms with Crippen LogP contribution in [0.3, 0.4) is 0 Å². The van der Waals surface area contributed by atoms with Gasteiger partial charge in [-0.05, 0) is 42.8 Å². The van der Waals surface area contributed by atoms with E-state index >= 15 is 0 Å². The molecule has 0 spiro atoms. The number of carbonyl (C=O) groups excluding carboxylic acids is 1. The average molecular weight is 391 g/mol. The molecule has 1 N–H and O–H groups in total. The van der Waals surface area contributed by atoms with Gasteiger partial charge in [-0.3, -0.25) is 4.72 Å². The fourth-order valence-corrected chi connectivity index (χ4v) is 3.55. The minimum absolute atomic E-state index is 0.0678. The van der Waals surface area contributed by atoms with Gasteiger partial charge in [0.1, 0.15) is 0 Å². The van der Waals surface area contributed by atoms with Crippen molar-refractivity contribution in [1.82, 2.24) is 0 Å². The summed E-state index contributed by atoms with van der Waals surface area (Å²) >= 11 is 0.